The molecule has 1 heterocycles. The van der Waals surface area contributed by atoms with Crippen molar-refractivity contribution in [2.75, 3.05) is 26.8 Å². The highest BCUT2D eigenvalue weighted by Gasteiger charge is 2.15. The Hall–Kier alpha value is -1.62. The summed E-state index contributed by atoms with van der Waals surface area (Å²) in [6, 6.07) is 8.01. The van der Waals surface area contributed by atoms with Gasteiger partial charge in [0, 0.05) is 37.7 Å². The van der Waals surface area contributed by atoms with E-state index in [4.69, 9.17) is 14.9 Å². The summed E-state index contributed by atoms with van der Waals surface area (Å²) in [5.74, 6) is 0.937. The molecule has 0 unspecified atom stereocenters. The van der Waals surface area contributed by atoms with Crippen molar-refractivity contribution in [3.63, 3.8) is 0 Å². The summed E-state index contributed by atoms with van der Waals surface area (Å²) in [6.07, 6.45) is 1.89. The van der Waals surface area contributed by atoms with E-state index in [1.54, 1.807) is 7.11 Å². The Bertz CT molecular complexity index is 563. The fourth-order valence-corrected chi connectivity index (χ4v) is 2.34. The van der Waals surface area contributed by atoms with E-state index in [0.717, 1.165) is 41.9 Å². The molecule has 0 bridgehead atoms. The monoisotopic (exact) mass is 274 g/mol. The predicted molar refractivity (Wildman–Crippen MR) is 81.5 cm³/mol. The van der Waals surface area contributed by atoms with E-state index in [-0.39, 0.29) is 0 Å². The van der Waals surface area contributed by atoms with Gasteiger partial charge < -0.3 is 14.9 Å². The Kier molecular flexibility index (Phi) is 5.35. The highest BCUT2D eigenvalue weighted by molar-refractivity contribution is 5.82. The van der Waals surface area contributed by atoms with Gasteiger partial charge in [0.15, 0.2) is 0 Å². The molecule has 2 aromatic rings. The van der Waals surface area contributed by atoms with E-state index in [1.807, 2.05) is 24.3 Å². The van der Waals surface area contributed by atoms with Crippen LogP contribution < -0.4 is 5.73 Å². The molecule has 2 N–H and O–H groups in total. The number of nitrogens with two attached hydrogens (primary N) is 1. The largest absolute Gasteiger partial charge is 0.459 e. The molecule has 0 aliphatic heterocycles. The molecule has 4 heteroatoms. The first-order chi connectivity index (χ1) is 9.80. The lowest BCUT2D eigenvalue weighted by atomic mass is 10.1. The molecule has 0 aliphatic rings. The minimum Gasteiger partial charge on any atom is -0.459 e. The number of para-hydroxylation sites is 1. The Morgan fingerprint density at radius 3 is 2.90 bits per heavy atom. The zero-order valence-corrected chi connectivity index (χ0v) is 12.0. The summed E-state index contributed by atoms with van der Waals surface area (Å²) in [5.41, 5.74) is 7.87. The van der Waals surface area contributed by atoms with Crippen molar-refractivity contribution >= 4 is 11.0 Å². The second-order valence-electron chi connectivity index (χ2n) is 4.72. The summed E-state index contributed by atoms with van der Waals surface area (Å²) in [5, 5.41) is 1.11. The van der Waals surface area contributed by atoms with Crippen LogP contribution in [0.1, 0.15) is 11.3 Å². The van der Waals surface area contributed by atoms with E-state index in [9.17, 15) is 0 Å². The maximum absolute atomic E-state index is 5.95. The lowest BCUT2D eigenvalue weighted by Gasteiger charge is -2.19. The van der Waals surface area contributed by atoms with Gasteiger partial charge in [0.1, 0.15) is 11.3 Å². The lowest BCUT2D eigenvalue weighted by molar-refractivity contribution is 0.147. The van der Waals surface area contributed by atoms with Gasteiger partial charge in [-0.15, -0.1) is 6.58 Å². The highest BCUT2D eigenvalue weighted by atomic mass is 16.5. The third-order valence-corrected chi connectivity index (χ3v) is 3.35. The van der Waals surface area contributed by atoms with Gasteiger partial charge in [0.25, 0.3) is 0 Å². The van der Waals surface area contributed by atoms with Gasteiger partial charge in [-0.3, -0.25) is 4.90 Å². The van der Waals surface area contributed by atoms with Crippen LogP contribution in [-0.4, -0.2) is 31.7 Å². The topological polar surface area (TPSA) is 51.6 Å². The molecular weight excluding hydrogens is 252 g/mol. The van der Waals surface area contributed by atoms with Crippen LogP contribution in [0.4, 0.5) is 0 Å². The molecule has 108 valence electrons. The van der Waals surface area contributed by atoms with Crippen molar-refractivity contribution in [1.82, 2.24) is 4.90 Å². The highest BCUT2D eigenvalue weighted by Crippen LogP contribution is 2.26. The zero-order valence-electron chi connectivity index (χ0n) is 12.0. The van der Waals surface area contributed by atoms with Gasteiger partial charge in [-0.2, -0.15) is 0 Å². The average molecular weight is 274 g/mol. The Labute approximate surface area is 119 Å². The third kappa shape index (κ3) is 3.28. The van der Waals surface area contributed by atoms with Gasteiger partial charge in [-0.1, -0.05) is 24.3 Å². The van der Waals surface area contributed by atoms with Gasteiger partial charge in [0.2, 0.25) is 0 Å². The number of rotatable bonds is 8. The van der Waals surface area contributed by atoms with Crippen LogP contribution in [0.5, 0.6) is 0 Å². The van der Waals surface area contributed by atoms with Gasteiger partial charge >= 0.3 is 0 Å². The van der Waals surface area contributed by atoms with Crippen molar-refractivity contribution in [1.29, 1.82) is 0 Å². The van der Waals surface area contributed by atoms with Crippen LogP contribution in [0.3, 0.4) is 0 Å². The molecule has 0 radical (unpaired) electrons. The van der Waals surface area contributed by atoms with Crippen LogP contribution in [0.15, 0.2) is 41.3 Å². The van der Waals surface area contributed by atoms with Crippen molar-refractivity contribution in [2.45, 2.75) is 13.1 Å². The number of ether oxygens (including phenoxy) is 1. The summed E-state index contributed by atoms with van der Waals surface area (Å²) in [7, 11) is 1.71. The van der Waals surface area contributed by atoms with E-state index in [1.165, 1.54) is 0 Å². The van der Waals surface area contributed by atoms with Crippen LogP contribution in [0, 0.1) is 0 Å². The van der Waals surface area contributed by atoms with Crippen molar-refractivity contribution in [2.24, 2.45) is 5.73 Å². The van der Waals surface area contributed by atoms with E-state index in [0.29, 0.717) is 13.2 Å². The number of furan rings is 1. The number of fused-ring (bicyclic) bond motifs is 1. The summed E-state index contributed by atoms with van der Waals surface area (Å²) in [4.78, 5) is 2.23. The maximum Gasteiger partial charge on any atom is 0.134 e. The van der Waals surface area contributed by atoms with Crippen molar-refractivity contribution in [3.05, 3.63) is 48.2 Å². The summed E-state index contributed by atoms with van der Waals surface area (Å²) >= 11 is 0. The second kappa shape index (κ2) is 7.24. The van der Waals surface area contributed by atoms with E-state index < -0.39 is 0 Å². The SMILES string of the molecule is C=CCN(CCOC)Cc1oc2ccccc2c1CN. The number of benzene rings is 1. The van der Waals surface area contributed by atoms with Crippen molar-refractivity contribution < 1.29 is 9.15 Å². The second-order valence-corrected chi connectivity index (χ2v) is 4.72. The Balaban J connectivity index is 2.24. The maximum atomic E-state index is 5.95. The normalized spacial score (nSPS) is 11.3. The quantitative estimate of drug-likeness (QED) is 0.752. The molecule has 0 atom stereocenters. The van der Waals surface area contributed by atoms with E-state index in [2.05, 4.69) is 17.5 Å². The minimum atomic E-state index is 0.485. The number of nitrogens with zero attached hydrogens (tertiary/aromatic N) is 1. The first-order valence-corrected chi connectivity index (χ1v) is 6.81. The zero-order chi connectivity index (χ0) is 14.4. The molecule has 4 nitrogen and oxygen atoms in total. The van der Waals surface area contributed by atoms with Crippen LogP contribution >= 0.6 is 0 Å². The minimum absolute atomic E-state index is 0.485. The number of hydrogen-bond acceptors (Lipinski definition) is 4. The molecule has 0 spiro atoms. The molecule has 2 rings (SSSR count). The Morgan fingerprint density at radius 1 is 1.40 bits per heavy atom. The third-order valence-electron chi connectivity index (χ3n) is 3.35. The molecule has 20 heavy (non-hydrogen) atoms. The molecule has 0 amide bonds. The first kappa shape index (κ1) is 14.8. The fourth-order valence-electron chi connectivity index (χ4n) is 2.34. The number of hydrogen-bond donors (Lipinski definition) is 1. The predicted octanol–water partition coefficient (Wildman–Crippen LogP) is 2.53. The smallest absolute Gasteiger partial charge is 0.134 e. The van der Waals surface area contributed by atoms with Crippen LogP contribution in [-0.2, 0) is 17.8 Å². The first-order valence-electron chi connectivity index (χ1n) is 6.81. The van der Waals surface area contributed by atoms with Gasteiger partial charge in [0.05, 0.1) is 13.2 Å². The van der Waals surface area contributed by atoms with Gasteiger partial charge in [-0.05, 0) is 6.07 Å². The van der Waals surface area contributed by atoms with Gasteiger partial charge in [-0.25, -0.2) is 0 Å². The molecule has 0 aliphatic carbocycles. The fraction of sp³-hybridized carbons (Fsp3) is 0.375. The van der Waals surface area contributed by atoms with E-state index >= 15 is 0 Å². The van der Waals surface area contributed by atoms with Crippen molar-refractivity contribution in [3.8, 4) is 0 Å². The standard InChI is InChI=1S/C16H22N2O2/c1-3-8-18(9-10-19-2)12-16-14(11-17)13-6-4-5-7-15(13)20-16/h3-7H,1,8-12,17H2,2H3. The molecule has 0 saturated carbocycles. The molecule has 0 fully saturated rings. The Morgan fingerprint density at radius 2 is 2.20 bits per heavy atom. The average Bonchev–Trinajstić information content (AvgIpc) is 2.82. The lowest BCUT2D eigenvalue weighted by Crippen LogP contribution is -2.27. The molecule has 1 aromatic heterocycles. The molecular formula is C16H22N2O2. The molecule has 1 aromatic carbocycles. The number of methoxy groups -OCH3 is 1. The summed E-state index contributed by atoms with van der Waals surface area (Å²) < 4.78 is 11.1. The van der Waals surface area contributed by atoms with Crippen LogP contribution in [0.25, 0.3) is 11.0 Å². The van der Waals surface area contributed by atoms with Crippen LogP contribution in [0.2, 0.25) is 0 Å². The molecule has 0 saturated heterocycles. The summed E-state index contributed by atoms with van der Waals surface area (Å²) in [6.45, 7) is 7.32.